The van der Waals surface area contributed by atoms with Crippen LogP contribution in [0, 0.1) is 11.8 Å². The SMILES string of the molecule is O=C(CCN1C(=O)[C@H]2CCCC[C@@H]2C1=O)Nc1cc2c(cc1Cl)OCCO2. The van der Waals surface area contributed by atoms with E-state index in [0.29, 0.717) is 35.4 Å². The minimum Gasteiger partial charge on any atom is -0.486 e. The van der Waals surface area contributed by atoms with Crippen molar-refractivity contribution in [3.63, 3.8) is 0 Å². The Hall–Kier alpha value is -2.28. The van der Waals surface area contributed by atoms with E-state index < -0.39 is 0 Å². The summed E-state index contributed by atoms with van der Waals surface area (Å²) >= 11 is 6.19. The first-order chi connectivity index (χ1) is 13.0. The van der Waals surface area contributed by atoms with Crippen LogP contribution in [0.5, 0.6) is 11.5 Å². The Labute approximate surface area is 161 Å². The molecule has 1 aromatic carbocycles. The number of hydrogen-bond donors (Lipinski definition) is 1. The number of halogens is 1. The Morgan fingerprint density at radius 2 is 1.67 bits per heavy atom. The van der Waals surface area contributed by atoms with Crippen LogP contribution in [0.1, 0.15) is 32.1 Å². The van der Waals surface area contributed by atoms with Gasteiger partial charge in [0.15, 0.2) is 11.5 Å². The number of nitrogens with one attached hydrogen (secondary N) is 1. The molecule has 0 aromatic heterocycles. The minimum absolute atomic E-state index is 0.0295. The van der Waals surface area contributed by atoms with Crippen molar-refractivity contribution in [1.82, 2.24) is 4.90 Å². The number of carbonyl (C=O) groups is 3. The van der Waals surface area contributed by atoms with Gasteiger partial charge in [-0.2, -0.15) is 0 Å². The Bertz CT molecular complexity index is 773. The van der Waals surface area contributed by atoms with E-state index >= 15 is 0 Å². The quantitative estimate of drug-likeness (QED) is 0.796. The van der Waals surface area contributed by atoms with Crippen LogP contribution in [0.3, 0.4) is 0 Å². The topological polar surface area (TPSA) is 84.9 Å². The molecule has 0 radical (unpaired) electrons. The van der Waals surface area contributed by atoms with Gasteiger partial charge in [-0.3, -0.25) is 19.3 Å². The van der Waals surface area contributed by atoms with Gasteiger partial charge in [0, 0.05) is 25.1 Å². The van der Waals surface area contributed by atoms with Crippen LogP contribution in [-0.4, -0.2) is 42.4 Å². The number of anilines is 1. The molecule has 1 aliphatic carbocycles. The van der Waals surface area contributed by atoms with E-state index in [1.165, 1.54) is 4.90 Å². The fraction of sp³-hybridized carbons (Fsp3) is 0.526. The zero-order valence-corrected chi connectivity index (χ0v) is 15.6. The second-order valence-corrected chi connectivity index (χ2v) is 7.51. The van der Waals surface area contributed by atoms with Gasteiger partial charge in [-0.05, 0) is 12.8 Å². The molecular weight excluding hydrogens is 372 g/mol. The molecule has 27 heavy (non-hydrogen) atoms. The largest absolute Gasteiger partial charge is 0.486 e. The molecule has 4 rings (SSSR count). The molecule has 2 fully saturated rings. The summed E-state index contributed by atoms with van der Waals surface area (Å²) in [5.41, 5.74) is 0.415. The van der Waals surface area contributed by atoms with Gasteiger partial charge in [0.05, 0.1) is 22.5 Å². The third-order valence-corrected chi connectivity index (χ3v) is 5.71. The predicted molar refractivity (Wildman–Crippen MR) is 97.9 cm³/mol. The Morgan fingerprint density at radius 3 is 2.30 bits per heavy atom. The number of rotatable bonds is 4. The molecule has 7 nitrogen and oxygen atoms in total. The number of carbonyl (C=O) groups excluding carboxylic acids is 3. The van der Waals surface area contributed by atoms with Crippen LogP contribution >= 0.6 is 11.6 Å². The van der Waals surface area contributed by atoms with E-state index in [1.54, 1.807) is 12.1 Å². The van der Waals surface area contributed by atoms with Gasteiger partial charge in [-0.1, -0.05) is 24.4 Å². The summed E-state index contributed by atoms with van der Waals surface area (Å²) in [7, 11) is 0. The Kier molecular flexibility index (Phi) is 4.95. The first-order valence-corrected chi connectivity index (χ1v) is 9.66. The first kappa shape index (κ1) is 18.1. The van der Waals surface area contributed by atoms with Gasteiger partial charge in [-0.25, -0.2) is 0 Å². The smallest absolute Gasteiger partial charge is 0.233 e. The number of fused-ring (bicyclic) bond motifs is 2. The van der Waals surface area contributed by atoms with Crippen LogP contribution < -0.4 is 14.8 Å². The molecule has 0 unspecified atom stereocenters. The molecule has 3 aliphatic rings. The maximum absolute atomic E-state index is 12.5. The summed E-state index contributed by atoms with van der Waals surface area (Å²) in [6.45, 7) is 0.983. The van der Waals surface area contributed by atoms with E-state index in [9.17, 15) is 14.4 Å². The minimum atomic E-state index is -0.316. The summed E-state index contributed by atoms with van der Waals surface area (Å²) in [5, 5.41) is 3.06. The van der Waals surface area contributed by atoms with Gasteiger partial charge in [0.25, 0.3) is 0 Å². The molecule has 1 saturated carbocycles. The van der Waals surface area contributed by atoms with Crippen molar-refractivity contribution >= 4 is 35.0 Å². The number of benzene rings is 1. The molecule has 1 N–H and O–H groups in total. The number of imide groups is 1. The predicted octanol–water partition coefficient (Wildman–Crippen LogP) is 2.62. The molecule has 2 heterocycles. The highest BCUT2D eigenvalue weighted by molar-refractivity contribution is 6.34. The third-order valence-electron chi connectivity index (χ3n) is 5.40. The molecule has 1 aromatic rings. The highest BCUT2D eigenvalue weighted by Crippen LogP contribution is 2.39. The van der Waals surface area contributed by atoms with Gasteiger partial charge in [0.2, 0.25) is 17.7 Å². The van der Waals surface area contributed by atoms with E-state index in [2.05, 4.69) is 5.32 Å². The molecule has 0 spiro atoms. The van der Waals surface area contributed by atoms with E-state index in [1.807, 2.05) is 0 Å². The molecular formula is C19H21ClN2O5. The van der Waals surface area contributed by atoms with Gasteiger partial charge >= 0.3 is 0 Å². The van der Waals surface area contributed by atoms with Crippen LogP contribution in [-0.2, 0) is 14.4 Å². The van der Waals surface area contributed by atoms with Crippen molar-refractivity contribution in [2.45, 2.75) is 32.1 Å². The zero-order valence-electron chi connectivity index (χ0n) is 14.8. The maximum atomic E-state index is 12.5. The van der Waals surface area contributed by atoms with Crippen molar-refractivity contribution in [2.24, 2.45) is 11.8 Å². The number of ether oxygens (including phenoxy) is 2. The lowest BCUT2D eigenvalue weighted by Gasteiger charge is -2.20. The lowest BCUT2D eigenvalue weighted by molar-refractivity contribution is -0.140. The van der Waals surface area contributed by atoms with Crippen LogP contribution in [0.4, 0.5) is 5.69 Å². The maximum Gasteiger partial charge on any atom is 0.233 e. The molecule has 2 atom stereocenters. The third kappa shape index (κ3) is 3.48. The van der Waals surface area contributed by atoms with Crippen LogP contribution in [0.15, 0.2) is 12.1 Å². The standard InChI is InChI=1S/C19H21ClN2O5/c20-13-9-15-16(27-8-7-26-15)10-14(13)21-17(23)5-6-22-18(24)11-3-1-2-4-12(11)19(22)25/h9-12H,1-8H2,(H,21,23)/t11-,12-/m0/s1. The average molecular weight is 393 g/mol. The van der Waals surface area contributed by atoms with E-state index in [-0.39, 0.29) is 42.5 Å². The van der Waals surface area contributed by atoms with Crippen molar-refractivity contribution < 1.29 is 23.9 Å². The summed E-state index contributed by atoms with van der Waals surface area (Å²) < 4.78 is 10.9. The second kappa shape index (κ2) is 7.38. The Morgan fingerprint density at radius 1 is 1.07 bits per heavy atom. The van der Waals surface area contributed by atoms with Crippen molar-refractivity contribution in [3.05, 3.63) is 17.2 Å². The normalized spacial score (nSPS) is 24.0. The fourth-order valence-corrected chi connectivity index (χ4v) is 4.24. The average Bonchev–Trinajstić information content (AvgIpc) is 2.91. The number of amides is 3. The molecule has 1 saturated heterocycles. The number of likely N-dealkylation sites (tertiary alicyclic amines) is 1. The van der Waals surface area contributed by atoms with Crippen LogP contribution in [0.25, 0.3) is 0 Å². The summed E-state index contributed by atoms with van der Waals surface area (Å²) in [6.07, 6.45) is 3.53. The zero-order chi connectivity index (χ0) is 19.0. The number of nitrogens with zero attached hydrogens (tertiary/aromatic N) is 1. The van der Waals surface area contributed by atoms with Gasteiger partial charge in [0.1, 0.15) is 13.2 Å². The number of hydrogen-bond acceptors (Lipinski definition) is 5. The summed E-state index contributed by atoms with van der Waals surface area (Å²) in [5.74, 6) is 0.104. The first-order valence-electron chi connectivity index (χ1n) is 9.29. The molecule has 8 heteroatoms. The molecule has 0 bridgehead atoms. The molecule has 2 aliphatic heterocycles. The van der Waals surface area contributed by atoms with Crippen molar-refractivity contribution in [2.75, 3.05) is 25.1 Å². The summed E-state index contributed by atoms with van der Waals surface area (Å²) in [4.78, 5) is 38.5. The molecule has 144 valence electrons. The lowest BCUT2D eigenvalue weighted by atomic mass is 9.81. The van der Waals surface area contributed by atoms with E-state index in [0.717, 1.165) is 25.7 Å². The molecule has 3 amide bonds. The monoisotopic (exact) mass is 392 g/mol. The summed E-state index contributed by atoms with van der Waals surface area (Å²) in [6, 6.07) is 3.22. The Balaban J connectivity index is 1.37. The fourth-order valence-electron chi connectivity index (χ4n) is 4.04. The van der Waals surface area contributed by atoms with Gasteiger partial charge in [-0.15, -0.1) is 0 Å². The highest BCUT2D eigenvalue weighted by atomic mass is 35.5. The van der Waals surface area contributed by atoms with E-state index in [4.69, 9.17) is 21.1 Å². The van der Waals surface area contributed by atoms with Crippen molar-refractivity contribution in [3.8, 4) is 11.5 Å². The van der Waals surface area contributed by atoms with Gasteiger partial charge < -0.3 is 14.8 Å². The lowest BCUT2D eigenvalue weighted by Crippen LogP contribution is -2.34. The van der Waals surface area contributed by atoms with Crippen molar-refractivity contribution in [1.29, 1.82) is 0 Å². The highest BCUT2D eigenvalue weighted by Gasteiger charge is 2.47. The second-order valence-electron chi connectivity index (χ2n) is 7.10. The van der Waals surface area contributed by atoms with Crippen LogP contribution in [0.2, 0.25) is 5.02 Å².